The van der Waals surface area contributed by atoms with Gasteiger partial charge in [-0.2, -0.15) is 5.26 Å². The summed E-state index contributed by atoms with van der Waals surface area (Å²) in [5.74, 6) is -0.222. The molecule has 5 nitrogen and oxygen atoms in total. The monoisotopic (exact) mass is 351 g/mol. The van der Waals surface area contributed by atoms with Crippen LogP contribution in [-0.2, 0) is 4.79 Å². The van der Waals surface area contributed by atoms with Crippen LogP contribution in [0.3, 0.4) is 0 Å². The Labute approximate surface area is 150 Å². The third-order valence-corrected chi connectivity index (χ3v) is 4.69. The number of para-hydroxylation sites is 1. The number of allylic oxidation sites excluding steroid dienone is 2. The van der Waals surface area contributed by atoms with Gasteiger partial charge in [0.2, 0.25) is 0 Å². The predicted molar refractivity (Wildman–Crippen MR) is 98.5 cm³/mol. The van der Waals surface area contributed by atoms with Gasteiger partial charge in [-0.3, -0.25) is 4.79 Å². The van der Waals surface area contributed by atoms with Crippen LogP contribution in [0.1, 0.15) is 18.6 Å². The summed E-state index contributed by atoms with van der Waals surface area (Å²) in [6.45, 7) is 1.83. The topological polar surface area (TPSA) is 78.1 Å². The van der Waals surface area contributed by atoms with E-state index >= 15 is 0 Å². The molecule has 0 fully saturated rings. The number of nitrogens with one attached hydrogen (secondary N) is 2. The third-order valence-electron chi connectivity index (χ3n) is 3.96. The molecule has 1 aliphatic heterocycles. The zero-order valence-corrected chi connectivity index (χ0v) is 14.7. The lowest BCUT2D eigenvalue weighted by Gasteiger charge is -2.28. The summed E-state index contributed by atoms with van der Waals surface area (Å²) >= 11 is 1.44. The number of hydrogen-bond acceptors (Lipinski definition) is 5. The molecule has 0 saturated carbocycles. The largest absolute Gasteiger partial charge is 0.468 e. The van der Waals surface area contributed by atoms with Crippen molar-refractivity contribution in [2.24, 2.45) is 0 Å². The molecule has 0 spiro atoms. The fraction of sp³-hybridized carbons (Fsp3) is 0.158. The maximum atomic E-state index is 13.0. The van der Waals surface area contributed by atoms with E-state index in [1.165, 1.54) is 11.8 Å². The number of carbonyl (C=O) groups excluding carboxylic acids is 1. The maximum absolute atomic E-state index is 13.0. The third kappa shape index (κ3) is 3.32. The van der Waals surface area contributed by atoms with Crippen molar-refractivity contribution in [3.63, 3.8) is 0 Å². The van der Waals surface area contributed by atoms with Crippen molar-refractivity contribution in [1.29, 1.82) is 5.26 Å². The Balaban J connectivity index is 2.03. The first-order valence-corrected chi connectivity index (χ1v) is 8.94. The van der Waals surface area contributed by atoms with Crippen LogP contribution >= 0.6 is 11.8 Å². The zero-order chi connectivity index (χ0) is 17.8. The molecule has 1 atom stereocenters. The van der Waals surface area contributed by atoms with E-state index in [2.05, 4.69) is 16.7 Å². The lowest BCUT2D eigenvalue weighted by molar-refractivity contribution is -0.113. The molecule has 0 aliphatic carbocycles. The first-order chi connectivity index (χ1) is 12.2. The molecule has 2 aromatic rings. The highest BCUT2D eigenvalue weighted by Crippen LogP contribution is 2.40. The number of dihydropyridines is 1. The minimum atomic E-state index is -0.535. The summed E-state index contributed by atoms with van der Waals surface area (Å²) < 4.78 is 5.54. The van der Waals surface area contributed by atoms with Gasteiger partial charge in [-0.25, -0.2) is 0 Å². The number of hydrogen-bond donors (Lipinski definition) is 2. The molecule has 2 heterocycles. The molecule has 0 unspecified atom stereocenters. The van der Waals surface area contributed by atoms with E-state index in [1.54, 1.807) is 18.4 Å². The second-order valence-electron chi connectivity index (χ2n) is 5.49. The number of nitriles is 1. The summed E-state index contributed by atoms with van der Waals surface area (Å²) in [4.78, 5) is 13.0. The van der Waals surface area contributed by atoms with Gasteiger partial charge in [-0.1, -0.05) is 18.2 Å². The minimum Gasteiger partial charge on any atom is -0.468 e. The molecule has 3 rings (SSSR count). The van der Waals surface area contributed by atoms with Crippen LogP contribution in [0.15, 0.2) is 75.0 Å². The van der Waals surface area contributed by atoms with Crippen molar-refractivity contribution < 1.29 is 9.21 Å². The minimum absolute atomic E-state index is 0.259. The number of thioether (sulfide) groups is 1. The van der Waals surface area contributed by atoms with Crippen molar-refractivity contribution in [1.82, 2.24) is 5.32 Å². The Kier molecular flexibility index (Phi) is 4.96. The van der Waals surface area contributed by atoms with E-state index < -0.39 is 5.92 Å². The predicted octanol–water partition coefficient (Wildman–Crippen LogP) is 3.98. The molecule has 1 aromatic heterocycles. The summed E-state index contributed by atoms with van der Waals surface area (Å²) in [5, 5.41) is 16.5. The van der Waals surface area contributed by atoms with E-state index in [9.17, 15) is 10.1 Å². The van der Waals surface area contributed by atoms with Gasteiger partial charge in [0.1, 0.15) is 5.76 Å². The van der Waals surface area contributed by atoms with Gasteiger partial charge in [0, 0.05) is 11.4 Å². The number of nitrogens with zero attached hydrogens (tertiary/aromatic N) is 1. The molecule has 6 heteroatoms. The molecule has 0 saturated heterocycles. The van der Waals surface area contributed by atoms with Crippen LogP contribution in [0.4, 0.5) is 5.69 Å². The molecule has 0 bridgehead atoms. The van der Waals surface area contributed by atoms with Crippen LogP contribution in [0.5, 0.6) is 0 Å². The van der Waals surface area contributed by atoms with Crippen LogP contribution in [0, 0.1) is 11.3 Å². The van der Waals surface area contributed by atoms with Crippen molar-refractivity contribution in [2.75, 3.05) is 11.6 Å². The Morgan fingerprint density at radius 2 is 2.04 bits per heavy atom. The molecule has 1 aliphatic rings. The maximum Gasteiger partial charge on any atom is 0.254 e. The number of amides is 1. The summed E-state index contributed by atoms with van der Waals surface area (Å²) in [5.41, 5.74) is 2.36. The Bertz CT molecular complexity index is 877. The smallest absolute Gasteiger partial charge is 0.254 e. The van der Waals surface area contributed by atoms with Gasteiger partial charge < -0.3 is 15.1 Å². The highest BCUT2D eigenvalue weighted by atomic mass is 32.2. The van der Waals surface area contributed by atoms with Crippen molar-refractivity contribution in [3.05, 3.63) is 76.4 Å². The molecule has 1 amide bonds. The number of anilines is 1. The van der Waals surface area contributed by atoms with Crippen LogP contribution in [0.2, 0.25) is 0 Å². The van der Waals surface area contributed by atoms with Gasteiger partial charge in [-0.05, 0) is 37.4 Å². The van der Waals surface area contributed by atoms with Crippen molar-refractivity contribution in [3.8, 4) is 6.07 Å². The summed E-state index contributed by atoms with van der Waals surface area (Å²) in [6.07, 6.45) is 3.44. The molecule has 126 valence electrons. The van der Waals surface area contributed by atoms with Gasteiger partial charge >= 0.3 is 0 Å². The van der Waals surface area contributed by atoms with Gasteiger partial charge in [-0.15, -0.1) is 11.8 Å². The molecular weight excluding hydrogens is 334 g/mol. The average Bonchev–Trinajstić information content (AvgIpc) is 3.15. The fourth-order valence-electron chi connectivity index (χ4n) is 2.83. The fourth-order valence-corrected chi connectivity index (χ4v) is 3.47. The number of furan rings is 1. The highest BCUT2D eigenvalue weighted by Gasteiger charge is 2.36. The molecular formula is C19H17N3O2S. The average molecular weight is 351 g/mol. The first kappa shape index (κ1) is 16.9. The molecule has 2 N–H and O–H groups in total. The SMILES string of the molecule is CSC1=C(C#N)[C@@H](c2ccco2)C(C(=O)Nc2ccccc2)=C(C)N1. The van der Waals surface area contributed by atoms with Crippen LogP contribution in [0.25, 0.3) is 0 Å². The number of rotatable bonds is 4. The number of carbonyl (C=O) groups is 1. The van der Waals surface area contributed by atoms with E-state index in [0.717, 1.165) is 5.03 Å². The van der Waals surface area contributed by atoms with E-state index in [1.807, 2.05) is 43.5 Å². The lowest BCUT2D eigenvalue weighted by Crippen LogP contribution is -2.30. The van der Waals surface area contributed by atoms with Crippen molar-refractivity contribution >= 4 is 23.4 Å². The zero-order valence-electron chi connectivity index (χ0n) is 13.9. The first-order valence-electron chi connectivity index (χ1n) is 7.71. The summed E-state index contributed by atoms with van der Waals surface area (Å²) in [6, 6.07) is 15.0. The molecule has 0 radical (unpaired) electrons. The second kappa shape index (κ2) is 7.32. The lowest BCUT2D eigenvalue weighted by atomic mass is 9.85. The normalized spacial score (nSPS) is 17.1. The van der Waals surface area contributed by atoms with E-state index in [0.29, 0.717) is 28.3 Å². The van der Waals surface area contributed by atoms with Crippen molar-refractivity contribution in [2.45, 2.75) is 12.8 Å². The molecule has 25 heavy (non-hydrogen) atoms. The quantitative estimate of drug-likeness (QED) is 0.871. The van der Waals surface area contributed by atoms with Gasteiger partial charge in [0.25, 0.3) is 5.91 Å². The number of benzene rings is 1. The van der Waals surface area contributed by atoms with Gasteiger partial charge in [0.05, 0.1) is 34.4 Å². The highest BCUT2D eigenvalue weighted by molar-refractivity contribution is 8.02. The van der Waals surface area contributed by atoms with Gasteiger partial charge in [0.15, 0.2) is 0 Å². The Morgan fingerprint density at radius 3 is 2.64 bits per heavy atom. The Hall–Kier alpha value is -2.91. The van der Waals surface area contributed by atoms with E-state index in [4.69, 9.17) is 4.42 Å². The van der Waals surface area contributed by atoms with Crippen LogP contribution < -0.4 is 10.6 Å². The summed E-state index contributed by atoms with van der Waals surface area (Å²) in [7, 11) is 0. The standard InChI is InChI=1S/C19H17N3O2S/c1-12-16(18(23)22-13-7-4-3-5-8-13)17(15-9-6-10-24-15)14(11-20)19(21-12)25-2/h3-10,17,21H,1-2H3,(H,22,23)/t17-/m0/s1. The Morgan fingerprint density at radius 1 is 1.28 bits per heavy atom. The van der Waals surface area contributed by atoms with Crippen LogP contribution in [-0.4, -0.2) is 12.2 Å². The van der Waals surface area contributed by atoms with E-state index in [-0.39, 0.29) is 5.91 Å². The molecule has 1 aromatic carbocycles. The second-order valence-corrected chi connectivity index (χ2v) is 6.31.